The standard InChI is InChI=1S/C22H20N4O3S.H2/c1-14(2)30(27,28)19-12-8-7-11-17(19)18-13-23-15(3)20(24-18)22-26-25-21(29-22)16-9-5-4-6-10-16;/h4-14H,1-3H3;1H. The summed E-state index contributed by atoms with van der Waals surface area (Å²) in [6.07, 6.45) is 1.56. The molecule has 2 heterocycles. The third-order valence-corrected chi connectivity index (χ3v) is 6.90. The van der Waals surface area contributed by atoms with E-state index in [1.807, 2.05) is 30.3 Å². The summed E-state index contributed by atoms with van der Waals surface area (Å²) in [6.45, 7) is 5.10. The highest BCUT2D eigenvalue weighted by atomic mass is 32.2. The van der Waals surface area contributed by atoms with Crippen molar-refractivity contribution in [2.45, 2.75) is 30.9 Å². The van der Waals surface area contributed by atoms with Crippen LogP contribution in [0.2, 0.25) is 0 Å². The highest BCUT2D eigenvalue weighted by molar-refractivity contribution is 7.92. The first kappa shape index (κ1) is 19.9. The molecule has 0 radical (unpaired) electrons. The van der Waals surface area contributed by atoms with Crippen LogP contribution in [0.5, 0.6) is 0 Å². The zero-order chi connectivity index (χ0) is 21.3. The van der Waals surface area contributed by atoms with Crippen molar-refractivity contribution in [3.8, 4) is 34.3 Å². The predicted molar refractivity (Wildman–Crippen MR) is 115 cm³/mol. The summed E-state index contributed by atoms with van der Waals surface area (Å²) in [5.41, 5.74) is 2.73. The van der Waals surface area contributed by atoms with E-state index in [9.17, 15) is 8.42 Å². The van der Waals surface area contributed by atoms with Crippen molar-refractivity contribution in [1.82, 2.24) is 20.2 Å². The van der Waals surface area contributed by atoms with E-state index >= 15 is 0 Å². The van der Waals surface area contributed by atoms with E-state index in [4.69, 9.17) is 4.42 Å². The quantitative estimate of drug-likeness (QED) is 0.463. The molecular formula is C22H22N4O3S. The Kier molecular flexibility index (Phi) is 5.17. The van der Waals surface area contributed by atoms with E-state index in [1.165, 1.54) is 0 Å². The molecule has 0 amide bonds. The van der Waals surface area contributed by atoms with E-state index < -0.39 is 15.1 Å². The van der Waals surface area contributed by atoms with Crippen molar-refractivity contribution in [3.05, 3.63) is 66.5 Å². The van der Waals surface area contributed by atoms with Crippen molar-refractivity contribution in [3.63, 3.8) is 0 Å². The van der Waals surface area contributed by atoms with Crippen molar-refractivity contribution in [1.29, 1.82) is 0 Å². The average molecular weight is 423 g/mol. The molecule has 0 aliphatic rings. The van der Waals surface area contributed by atoms with Crippen LogP contribution >= 0.6 is 0 Å². The molecule has 0 spiro atoms. The van der Waals surface area contributed by atoms with Gasteiger partial charge in [0.2, 0.25) is 5.89 Å². The van der Waals surface area contributed by atoms with Gasteiger partial charge in [-0.25, -0.2) is 13.4 Å². The lowest BCUT2D eigenvalue weighted by Crippen LogP contribution is -2.15. The van der Waals surface area contributed by atoms with Crippen LogP contribution in [0.4, 0.5) is 0 Å². The number of hydrogen-bond donors (Lipinski definition) is 0. The molecule has 4 aromatic rings. The first-order valence-corrected chi connectivity index (χ1v) is 11.0. The second-order valence-corrected chi connectivity index (χ2v) is 9.53. The van der Waals surface area contributed by atoms with Gasteiger partial charge in [-0.15, -0.1) is 10.2 Å². The van der Waals surface area contributed by atoms with Crippen molar-refractivity contribution in [2.24, 2.45) is 0 Å². The Bertz CT molecular complexity index is 1310. The van der Waals surface area contributed by atoms with Gasteiger partial charge in [0.05, 0.1) is 27.7 Å². The van der Waals surface area contributed by atoms with Gasteiger partial charge in [-0.05, 0) is 39.0 Å². The predicted octanol–water partition coefficient (Wildman–Crippen LogP) is 4.60. The monoisotopic (exact) mass is 422 g/mol. The summed E-state index contributed by atoms with van der Waals surface area (Å²) in [5.74, 6) is 0.602. The van der Waals surface area contributed by atoms with Crippen LogP contribution in [0.25, 0.3) is 34.3 Å². The van der Waals surface area contributed by atoms with Gasteiger partial charge in [-0.3, -0.25) is 4.98 Å². The molecule has 4 rings (SSSR count). The van der Waals surface area contributed by atoms with Gasteiger partial charge in [0.1, 0.15) is 5.69 Å². The molecule has 0 saturated carbocycles. The van der Waals surface area contributed by atoms with Crippen molar-refractivity contribution < 1.29 is 14.3 Å². The number of aryl methyl sites for hydroxylation is 1. The molecule has 154 valence electrons. The molecule has 0 unspecified atom stereocenters. The van der Waals surface area contributed by atoms with Gasteiger partial charge >= 0.3 is 0 Å². The van der Waals surface area contributed by atoms with Gasteiger partial charge < -0.3 is 4.42 Å². The minimum Gasteiger partial charge on any atom is -0.415 e. The second kappa shape index (κ2) is 7.79. The summed E-state index contributed by atoms with van der Waals surface area (Å²) in [5, 5.41) is 7.67. The summed E-state index contributed by atoms with van der Waals surface area (Å²) in [7, 11) is -3.49. The van der Waals surface area contributed by atoms with Crippen LogP contribution in [0.1, 0.15) is 21.0 Å². The van der Waals surface area contributed by atoms with Crippen LogP contribution < -0.4 is 0 Å². The van der Waals surface area contributed by atoms with Crippen LogP contribution in [0.3, 0.4) is 0 Å². The summed E-state index contributed by atoms with van der Waals surface area (Å²) in [6, 6.07) is 16.2. The third kappa shape index (κ3) is 3.61. The van der Waals surface area contributed by atoms with Crippen LogP contribution in [-0.4, -0.2) is 33.8 Å². The molecule has 0 bridgehead atoms. The molecule has 2 aromatic heterocycles. The molecule has 0 atom stereocenters. The fourth-order valence-corrected chi connectivity index (χ4v) is 4.23. The zero-order valence-corrected chi connectivity index (χ0v) is 17.6. The normalized spacial score (nSPS) is 11.7. The lowest BCUT2D eigenvalue weighted by Gasteiger charge is -2.13. The van der Waals surface area contributed by atoms with Crippen LogP contribution in [0, 0.1) is 6.92 Å². The highest BCUT2D eigenvalue weighted by Gasteiger charge is 2.24. The number of sulfone groups is 1. The van der Waals surface area contributed by atoms with E-state index in [0.29, 0.717) is 28.5 Å². The van der Waals surface area contributed by atoms with Gasteiger partial charge in [0.25, 0.3) is 5.89 Å². The van der Waals surface area contributed by atoms with E-state index in [2.05, 4.69) is 20.2 Å². The Morgan fingerprint density at radius 3 is 2.33 bits per heavy atom. The number of hydrogen-bond acceptors (Lipinski definition) is 7. The molecule has 0 fully saturated rings. The Labute approximate surface area is 176 Å². The minimum absolute atomic E-state index is 0. The largest absolute Gasteiger partial charge is 0.415 e. The molecule has 7 nitrogen and oxygen atoms in total. The molecule has 0 aliphatic heterocycles. The molecule has 0 aliphatic carbocycles. The first-order valence-electron chi connectivity index (χ1n) is 9.44. The third-order valence-electron chi connectivity index (χ3n) is 4.69. The lowest BCUT2D eigenvalue weighted by molar-refractivity contribution is 0.581. The Morgan fingerprint density at radius 2 is 1.60 bits per heavy atom. The number of rotatable bonds is 5. The van der Waals surface area contributed by atoms with Gasteiger partial charge in [0, 0.05) is 12.6 Å². The van der Waals surface area contributed by atoms with Crippen LogP contribution in [0.15, 0.2) is 70.1 Å². The summed E-state index contributed by atoms with van der Waals surface area (Å²) < 4.78 is 31.5. The maximum absolute atomic E-state index is 12.8. The Balaban J connectivity index is 0.00000272. The molecule has 0 saturated heterocycles. The molecule has 0 N–H and O–H groups in total. The smallest absolute Gasteiger partial charge is 0.268 e. The molecular weight excluding hydrogens is 400 g/mol. The number of nitrogens with zero attached hydrogens (tertiary/aromatic N) is 4. The maximum Gasteiger partial charge on any atom is 0.268 e. The fourth-order valence-electron chi connectivity index (χ4n) is 2.98. The summed E-state index contributed by atoms with van der Waals surface area (Å²) >= 11 is 0. The van der Waals surface area contributed by atoms with E-state index in [-0.39, 0.29) is 12.2 Å². The maximum atomic E-state index is 12.8. The number of benzene rings is 2. The van der Waals surface area contributed by atoms with Crippen LogP contribution in [-0.2, 0) is 9.84 Å². The number of aromatic nitrogens is 4. The second-order valence-electron chi connectivity index (χ2n) is 7.06. The minimum atomic E-state index is -3.49. The Hall–Kier alpha value is -3.39. The van der Waals surface area contributed by atoms with E-state index in [0.717, 1.165) is 5.56 Å². The fraction of sp³-hybridized carbons (Fsp3) is 0.182. The summed E-state index contributed by atoms with van der Waals surface area (Å²) in [4.78, 5) is 9.25. The van der Waals surface area contributed by atoms with Crippen molar-refractivity contribution in [2.75, 3.05) is 0 Å². The Morgan fingerprint density at radius 1 is 0.933 bits per heavy atom. The molecule has 8 heteroatoms. The van der Waals surface area contributed by atoms with E-state index in [1.54, 1.807) is 51.2 Å². The topological polar surface area (TPSA) is 98.8 Å². The molecule has 2 aromatic carbocycles. The van der Waals surface area contributed by atoms with Gasteiger partial charge in [0.15, 0.2) is 9.84 Å². The molecule has 30 heavy (non-hydrogen) atoms. The first-order chi connectivity index (χ1) is 14.4. The highest BCUT2D eigenvalue weighted by Crippen LogP contribution is 2.31. The zero-order valence-electron chi connectivity index (χ0n) is 16.8. The van der Waals surface area contributed by atoms with Gasteiger partial charge in [-0.2, -0.15) is 0 Å². The SMILES string of the molecule is Cc1ncc(-c2ccccc2S(=O)(=O)C(C)C)nc1-c1nnc(-c2ccccc2)o1.[HH]. The lowest BCUT2D eigenvalue weighted by atomic mass is 10.1. The van der Waals surface area contributed by atoms with Gasteiger partial charge in [-0.1, -0.05) is 36.4 Å². The average Bonchev–Trinajstić information content (AvgIpc) is 3.25. The van der Waals surface area contributed by atoms with Crippen molar-refractivity contribution >= 4 is 9.84 Å².